The van der Waals surface area contributed by atoms with Crippen molar-refractivity contribution in [3.05, 3.63) is 36.5 Å². The number of nitrogens with zero attached hydrogens (tertiary/aromatic N) is 3. The van der Waals surface area contributed by atoms with E-state index < -0.39 is 0 Å². The fourth-order valence-electron chi connectivity index (χ4n) is 2.71. The molecule has 0 bridgehead atoms. The van der Waals surface area contributed by atoms with Gasteiger partial charge in [0.2, 0.25) is 0 Å². The lowest BCUT2D eigenvalue weighted by Crippen LogP contribution is -2.37. The molecule has 2 N–H and O–H groups in total. The zero-order valence-electron chi connectivity index (χ0n) is 14.2. The van der Waals surface area contributed by atoms with Gasteiger partial charge in [0, 0.05) is 32.4 Å². The summed E-state index contributed by atoms with van der Waals surface area (Å²) in [5, 5.41) is 6.46. The van der Waals surface area contributed by atoms with Gasteiger partial charge in [0.15, 0.2) is 5.96 Å². The van der Waals surface area contributed by atoms with Gasteiger partial charge in [0.1, 0.15) is 5.82 Å². The molecule has 5 nitrogen and oxygen atoms in total. The molecule has 1 aliphatic rings. The number of anilines is 1. The summed E-state index contributed by atoms with van der Waals surface area (Å²) in [5.41, 5.74) is 1.19. The molecule has 5 heteroatoms. The molecule has 2 heterocycles. The highest BCUT2D eigenvalue weighted by molar-refractivity contribution is 5.79. The summed E-state index contributed by atoms with van der Waals surface area (Å²) < 4.78 is 0. The zero-order valence-corrected chi connectivity index (χ0v) is 14.2. The number of pyridine rings is 1. The van der Waals surface area contributed by atoms with E-state index in [9.17, 15) is 0 Å². The second-order valence-electron chi connectivity index (χ2n) is 5.79. The molecule has 0 atom stereocenters. The Bertz CT molecular complexity index is 504. The number of nitrogens with one attached hydrogen (secondary N) is 2. The van der Waals surface area contributed by atoms with E-state index in [1.807, 2.05) is 18.3 Å². The lowest BCUT2D eigenvalue weighted by Gasteiger charge is -2.21. The Morgan fingerprint density at radius 3 is 2.78 bits per heavy atom. The van der Waals surface area contributed by atoms with E-state index in [1.54, 1.807) is 0 Å². The predicted octanol–water partition coefficient (Wildman–Crippen LogP) is 2.70. The number of hydrogen-bond acceptors (Lipinski definition) is 3. The van der Waals surface area contributed by atoms with Crippen molar-refractivity contribution in [2.24, 2.45) is 4.99 Å². The largest absolute Gasteiger partial charge is 0.357 e. The lowest BCUT2D eigenvalue weighted by atomic mass is 10.2. The normalized spacial score (nSPS) is 15.9. The average Bonchev–Trinajstić information content (AvgIpc) is 2.87. The third kappa shape index (κ3) is 5.93. The van der Waals surface area contributed by atoms with E-state index in [4.69, 9.17) is 0 Å². The first-order valence-electron chi connectivity index (χ1n) is 8.66. The van der Waals surface area contributed by atoms with Crippen LogP contribution in [-0.2, 0) is 6.54 Å². The van der Waals surface area contributed by atoms with E-state index in [2.05, 4.69) is 45.1 Å². The van der Waals surface area contributed by atoms with Crippen LogP contribution in [-0.4, -0.2) is 37.1 Å². The quantitative estimate of drug-likeness (QED) is 0.481. The molecule has 0 aliphatic carbocycles. The van der Waals surface area contributed by atoms with Crippen molar-refractivity contribution in [1.82, 2.24) is 15.6 Å². The Labute approximate surface area is 139 Å². The first kappa shape index (κ1) is 17.3. The van der Waals surface area contributed by atoms with Crippen LogP contribution in [0.15, 0.2) is 36.0 Å². The minimum Gasteiger partial charge on any atom is -0.357 e. The number of aliphatic imine (C=N–C) groups is 1. The summed E-state index contributed by atoms with van der Waals surface area (Å²) in [5.74, 6) is 1.91. The topological polar surface area (TPSA) is 52.6 Å². The number of aromatic nitrogens is 1. The van der Waals surface area contributed by atoms with Gasteiger partial charge in [-0.15, -0.1) is 6.58 Å². The van der Waals surface area contributed by atoms with Crippen LogP contribution in [0.4, 0.5) is 5.82 Å². The van der Waals surface area contributed by atoms with Crippen molar-refractivity contribution in [2.75, 3.05) is 31.1 Å². The number of hydrogen-bond donors (Lipinski definition) is 2. The molecule has 1 aromatic rings. The van der Waals surface area contributed by atoms with Crippen molar-refractivity contribution < 1.29 is 0 Å². The molecule has 2 rings (SSSR count). The summed E-state index contributed by atoms with van der Waals surface area (Å²) in [6.45, 7) is 10.2. The van der Waals surface area contributed by atoms with E-state index in [0.29, 0.717) is 13.1 Å². The third-order valence-electron chi connectivity index (χ3n) is 3.92. The van der Waals surface area contributed by atoms with Crippen LogP contribution in [0.2, 0.25) is 0 Å². The molecule has 1 fully saturated rings. The molecule has 0 radical (unpaired) electrons. The molecule has 1 aliphatic heterocycles. The minimum absolute atomic E-state index is 0.649. The number of rotatable bonds is 6. The molecule has 0 saturated carbocycles. The standard InChI is InChI=1S/C18H29N5/c1-3-10-21-18(19-4-2)22-15-16-9-11-20-17(14-16)23-12-7-5-6-8-13-23/h3,9,11,14H,1,4-8,10,12-13,15H2,2H3,(H2,19,21,22). The summed E-state index contributed by atoms with van der Waals surface area (Å²) >= 11 is 0. The van der Waals surface area contributed by atoms with Gasteiger partial charge in [-0.25, -0.2) is 9.98 Å². The predicted molar refractivity (Wildman–Crippen MR) is 97.9 cm³/mol. The van der Waals surface area contributed by atoms with Crippen molar-refractivity contribution in [3.8, 4) is 0 Å². The van der Waals surface area contributed by atoms with Crippen molar-refractivity contribution >= 4 is 11.8 Å². The highest BCUT2D eigenvalue weighted by Crippen LogP contribution is 2.18. The Morgan fingerprint density at radius 2 is 2.09 bits per heavy atom. The maximum absolute atomic E-state index is 4.63. The van der Waals surface area contributed by atoms with Gasteiger partial charge in [0.25, 0.3) is 0 Å². The minimum atomic E-state index is 0.649. The highest BCUT2D eigenvalue weighted by Gasteiger charge is 2.11. The lowest BCUT2D eigenvalue weighted by molar-refractivity contribution is 0.726. The van der Waals surface area contributed by atoms with Gasteiger partial charge >= 0.3 is 0 Å². The third-order valence-corrected chi connectivity index (χ3v) is 3.92. The van der Waals surface area contributed by atoms with Crippen LogP contribution >= 0.6 is 0 Å². The second-order valence-corrected chi connectivity index (χ2v) is 5.79. The van der Waals surface area contributed by atoms with Gasteiger partial charge in [0.05, 0.1) is 6.54 Å². The van der Waals surface area contributed by atoms with Gasteiger partial charge in [-0.1, -0.05) is 18.9 Å². The fourth-order valence-corrected chi connectivity index (χ4v) is 2.71. The van der Waals surface area contributed by atoms with E-state index in [1.165, 1.54) is 31.2 Å². The maximum Gasteiger partial charge on any atom is 0.191 e. The molecule has 0 amide bonds. The van der Waals surface area contributed by atoms with Gasteiger partial charge in [-0.3, -0.25) is 0 Å². The molecular formula is C18H29N5. The highest BCUT2D eigenvalue weighted by atomic mass is 15.2. The van der Waals surface area contributed by atoms with Crippen LogP contribution in [0.25, 0.3) is 0 Å². The van der Waals surface area contributed by atoms with Crippen molar-refractivity contribution in [1.29, 1.82) is 0 Å². The zero-order chi connectivity index (χ0) is 16.3. The van der Waals surface area contributed by atoms with Crippen molar-refractivity contribution in [2.45, 2.75) is 39.2 Å². The fraction of sp³-hybridized carbons (Fsp3) is 0.556. The van der Waals surface area contributed by atoms with Crippen LogP contribution in [0.3, 0.4) is 0 Å². The SMILES string of the molecule is C=CCNC(=NCc1ccnc(N2CCCCCC2)c1)NCC. The summed E-state index contributed by atoms with van der Waals surface area (Å²) in [4.78, 5) is 11.6. The molecule has 0 spiro atoms. The average molecular weight is 315 g/mol. The van der Waals surface area contributed by atoms with Crippen molar-refractivity contribution in [3.63, 3.8) is 0 Å². The first-order chi connectivity index (χ1) is 11.3. The molecule has 0 unspecified atom stereocenters. The smallest absolute Gasteiger partial charge is 0.191 e. The van der Waals surface area contributed by atoms with Crippen LogP contribution in [0.5, 0.6) is 0 Å². The summed E-state index contributed by atoms with van der Waals surface area (Å²) in [7, 11) is 0. The molecule has 1 saturated heterocycles. The van der Waals surface area contributed by atoms with Crippen LogP contribution in [0.1, 0.15) is 38.2 Å². The summed E-state index contributed by atoms with van der Waals surface area (Å²) in [6, 6.07) is 4.22. The van der Waals surface area contributed by atoms with Crippen LogP contribution < -0.4 is 15.5 Å². The van der Waals surface area contributed by atoms with E-state index in [0.717, 1.165) is 31.4 Å². The van der Waals surface area contributed by atoms with Crippen LogP contribution in [0, 0.1) is 0 Å². The van der Waals surface area contributed by atoms with E-state index in [-0.39, 0.29) is 0 Å². The summed E-state index contributed by atoms with van der Waals surface area (Å²) in [6.07, 6.45) is 8.93. The maximum atomic E-state index is 4.63. The Hall–Kier alpha value is -2.04. The van der Waals surface area contributed by atoms with Gasteiger partial charge in [-0.2, -0.15) is 0 Å². The molecule has 0 aromatic carbocycles. The Balaban J connectivity index is 2.01. The molecule has 126 valence electrons. The second kappa shape index (κ2) is 9.87. The molecule has 1 aromatic heterocycles. The monoisotopic (exact) mass is 315 g/mol. The number of guanidine groups is 1. The Kier molecular flexibility index (Phi) is 7.43. The Morgan fingerprint density at radius 1 is 1.30 bits per heavy atom. The van der Waals surface area contributed by atoms with E-state index >= 15 is 0 Å². The van der Waals surface area contributed by atoms with Gasteiger partial charge < -0.3 is 15.5 Å². The molecule has 23 heavy (non-hydrogen) atoms. The first-order valence-corrected chi connectivity index (χ1v) is 8.66. The molecular weight excluding hydrogens is 286 g/mol. The van der Waals surface area contributed by atoms with Gasteiger partial charge in [-0.05, 0) is 37.5 Å².